The molecule has 2 atom stereocenters. The van der Waals surface area contributed by atoms with Gasteiger partial charge in [0.2, 0.25) is 6.41 Å². The second-order valence-corrected chi connectivity index (χ2v) is 7.19. The summed E-state index contributed by atoms with van der Waals surface area (Å²) >= 11 is 0. The smallest absolute Gasteiger partial charge is 0.209 e. The van der Waals surface area contributed by atoms with Gasteiger partial charge in [-0.05, 0) is 16.7 Å². The molecule has 5 nitrogen and oxygen atoms in total. The number of piperazine rings is 1. The first-order valence-corrected chi connectivity index (χ1v) is 9.39. The lowest BCUT2D eigenvalue weighted by molar-refractivity contribution is -0.119. The van der Waals surface area contributed by atoms with Gasteiger partial charge in [-0.2, -0.15) is 0 Å². The van der Waals surface area contributed by atoms with E-state index in [9.17, 15) is 4.79 Å². The molecule has 0 aromatic heterocycles. The Balaban J connectivity index is 1.41. The van der Waals surface area contributed by atoms with E-state index in [0.29, 0.717) is 12.0 Å². The molecule has 2 aromatic carbocycles. The van der Waals surface area contributed by atoms with Crippen molar-refractivity contribution in [2.75, 3.05) is 39.3 Å². The number of hydrogen-bond donors (Lipinski definition) is 2. The van der Waals surface area contributed by atoms with Crippen molar-refractivity contribution >= 4 is 6.41 Å². The van der Waals surface area contributed by atoms with Crippen LogP contribution in [0.2, 0.25) is 0 Å². The van der Waals surface area contributed by atoms with Crippen molar-refractivity contribution in [3.63, 3.8) is 0 Å². The Labute approximate surface area is 155 Å². The van der Waals surface area contributed by atoms with Gasteiger partial charge in [0, 0.05) is 45.2 Å². The fourth-order valence-electron chi connectivity index (χ4n) is 3.96. The van der Waals surface area contributed by atoms with Crippen LogP contribution in [0.15, 0.2) is 54.6 Å². The van der Waals surface area contributed by atoms with Crippen molar-refractivity contribution < 1.29 is 4.79 Å². The Morgan fingerprint density at radius 3 is 2.31 bits per heavy atom. The summed E-state index contributed by atoms with van der Waals surface area (Å²) in [5.74, 6) is 0.528. The van der Waals surface area contributed by atoms with Crippen molar-refractivity contribution in [1.82, 2.24) is 20.7 Å². The molecular weight excluding hydrogens is 324 g/mol. The second kappa shape index (κ2) is 7.99. The highest BCUT2D eigenvalue weighted by molar-refractivity contribution is 5.63. The van der Waals surface area contributed by atoms with Gasteiger partial charge in [-0.3, -0.25) is 15.1 Å². The molecule has 2 aromatic rings. The maximum absolute atomic E-state index is 10.9. The van der Waals surface area contributed by atoms with Crippen molar-refractivity contribution in [3.05, 3.63) is 60.2 Å². The molecule has 2 heterocycles. The largest absolute Gasteiger partial charge is 0.343 e. The fourth-order valence-corrected chi connectivity index (χ4v) is 3.96. The van der Waals surface area contributed by atoms with Gasteiger partial charge >= 0.3 is 0 Å². The number of nitrogens with one attached hydrogen (secondary N) is 2. The summed E-state index contributed by atoms with van der Waals surface area (Å²) in [5, 5.41) is 0. The van der Waals surface area contributed by atoms with E-state index >= 15 is 0 Å². The zero-order valence-electron chi connectivity index (χ0n) is 15.0. The summed E-state index contributed by atoms with van der Waals surface area (Å²) in [7, 11) is 0. The number of hydrogen-bond acceptors (Lipinski definition) is 4. The van der Waals surface area contributed by atoms with Gasteiger partial charge in [-0.25, -0.2) is 5.43 Å². The van der Waals surface area contributed by atoms with E-state index < -0.39 is 0 Å². The van der Waals surface area contributed by atoms with E-state index in [-0.39, 0.29) is 0 Å². The minimum absolute atomic E-state index is 0.323. The predicted octanol–water partition coefficient (Wildman–Crippen LogP) is 1.89. The molecular formula is C21H26N4O. The van der Waals surface area contributed by atoms with Gasteiger partial charge in [0.05, 0.1) is 6.04 Å². The van der Waals surface area contributed by atoms with Crippen LogP contribution in [-0.4, -0.2) is 55.5 Å². The molecule has 136 valence electrons. The molecule has 2 saturated heterocycles. The van der Waals surface area contributed by atoms with Gasteiger partial charge in [-0.15, -0.1) is 0 Å². The molecule has 1 amide bonds. The molecule has 2 unspecified atom stereocenters. The van der Waals surface area contributed by atoms with Gasteiger partial charge in [0.25, 0.3) is 0 Å². The van der Waals surface area contributed by atoms with Crippen LogP contribution in [0.5, 0.6) is 0 Å². The Morgan fingerprint density at radius 1 is 0.923 bits per heavy atom. The molecule has 0 aliphatic carbocycles. The lowest BCUT2D eigenvalue weighted by Gasteiger charge is -2.34. The van der Waals surface area contributed by atoms with Crippen LogP contribution in [-0.2, 0) is 4.79 Å². The summed E-state index contributed by atoms with van der Waals surface area (Å²) in [4.78, 5) is 15.2. The molecule has 5 heteroatoms. The number of carbonyl (C=O) groups is 1. The first-order valence-electron chi connectivity index (χ1n) is 9.39. The van der Waals surface area contributed by atoms with E-state index in [1.54, 1.807) is 0 Å². The third-order valence-corrected chi connectivity index (χ3v) is 5.52. The van der Waals surface area contributed by atoms with E-state index in [1.807, 2.05) is 11.0 Å². The zero-order chi connectivity index (χ0) is 17.8. The van der Waals surface area contributed by atoms with Crippen molar-refractivity contribution in [2.45, 2.75) is 6.04 Å². The first kappa shape index (κ1) is 17.2. The van der Waals surface area contributed by atoms with Crippen LogP contribution < -0.4 is 10.9 Å². The van der Waals surface area contributed by atoms with Crippen LogP contribution >= 0.6 is 0 Å². The molecule has 0 bridgehead atoms. The average molecular weight is 350 g/mol. The fraction of sp³-hybridized carbons (Fsp3) is 0.381. The van der Waals surface area contributed by atoms with Gasteiger partial charge in [-0.1, -0.05) is 54.6 Å². The summed E-state index contributed by atoms with van der Waals surface area (Å²) in [6.45, 7) is 5.64. The van der Waals surface area contributed by atoms with Crippen LogP contribution in [0.25, 0.3) is 11.1 Å². The van der Waals surface area contributed by atoms with Gasteiger partial charge in [0.1, 0.15) is 0 Å². The molecule has 26 heavy (non-hydrogen) atoms. The van der Waals surface area contributed by atoms with E-state index in [1.165, 1.54) is 16.7 Å². The maximum Gasteiger partial charge on any atom is 0.209 e. The molecule has 0 saturated carbocycles. The summed E-state index contributed by atoms with van der Waals surface area (Å²) in [6.07, 6.45) is 0.965. The maximum atomic E-state index is 10.9. The highest BCUT2D eigenvalue weighted by atomic mass is 16.1. The minimum atomic E-state index is 0.323. The van der Waals surface area contributed by atoms with Gasteiger partial charge in [0.15, 0.2) is 0 Å². The van der Waals surface area contributed by atoms with Crippen LogP contribution in [0, 0.1) is 5.92 Å². The molecule has 4 rings (SSSR count). The lowest BCUT2D eigenvalue weighted by Crippen LogP contribution is -2.47. The number of amides is 1. The number of nitrogens with zero attached hydrogens (tertiary/aromatic N) is 2. The zero-order valence-corrected chi connectivity index (χ0v) is 15.0. The molecule has 2 fully saturated rings. The van der Waals surface area contributed by atoms with Crippen molar-refractivity contribution in [1.29, 1.82) is 0 Å². The predicted molar refractivity (Wildman–Crippen MR) is 103 cm³/mol. The number of benzene rings is 2. The normalized spacial score (nSPS) is 23.9. The van der Waals surface area contributed by atoms with E-state index in [4.69, 9.17) is 0 Å². The molecule has 0 radical (unpaired) electrons. The molecule has 0 spiro atoms. The Bertz CT molecular complexity index is 711. The summed E-state index contributed by atoms with van der Waals surface area (Å²) in [5.41, 5.74) is 10.6. The third-order valence-electron chi connectivity index (χ3n) is 5.52. The van der Waals surface area contributed by atoms with Crippen molar-refractivity contribution in [2.24, 2.45) is 5.92 Å². The topological polar surface area (TPSA) is 47.6 Å². The molecule has 2 aliphatic heterocycles. The van der Waals surface area contributed by atoms with E-state index in [0.717, 1.165) is 45.7 Å². The quantitative estimate of drug-likeness (QED) is 0.809. The lowest BCUT2D eigenvalue weighted by atomic mass is 9.92. The number of carbonyl (C=O) groups excluding carboxylic acids is 1. The highest BCUT2D eigenvalue weighted by Gasteiger charge is 2.30. The first-order chi connectivity index (χ1) is 12.8. The van der Waals surface area contributed by atoms with Crippen LogP contribution in [0.3, 0.4) is 0 Å². The SMILES string of the molecule is O=CN1CCN(CC2CNNC2c2ccc(-c3ccccc3)cc2)CC1. The summed E-state index contributed by atoms with van der Waals surface area (Å²) in [6, 6.07) is 19.7. The second-order valence-electron chi connectivity index (χ2n) is 7.19. The minimum Gasteiger partial charge on any atom is -0.343 e. The van der Waals surface area contributed by atoms with Crippen LogP contribution in [0.4, 0.5) is 0 Å². The van der Waals surface area contributed by atoms with E-state index in [2.05, 4.69) is 64.3 Å². The molecule has 2 N–H and O–H groups in total. The van der Waals surface area contributed by atoms with Gasteiger partial charge < -0.3 is 4.90 Å². The van der Waals surface area contributed by atoms with Crippen molar-refractivity contribution in [3.8, 4) is 11.1 Å². The molecule has 2 aliphatic rings. The standard InChI is InChI=1S/C21H26N4O/c26-16-25-12-10-24(11-13-25)15-20-14-22-23-21(20)19-8-6-18(7-9-19)17-4-2-1-3-5-17/h1-9,16,20-23H,10-15H2. The Kier molecular flexibility index (Phi) is 5.29. The number of rotatable bonds is 5. The average Bonchev–Trinajstić information content (AvgIpc) is 3.17. The summed E-state index contributed by atoms with van der Waals surface area (Å²) < 4.78 is 0. The third kappa shape index (κ3) is 3.80. The monoisotopic (exact) mass is 350 g/mol. The number of hydrazine groups is 1. The highest BCUT2D eigenvalue weighted by Crippen LogP contribution is 2.28. The Hall–Kier alpha value is -2.21. The Morgan fingerprint density at radius 2 is 1.62 bits per heavy atom. The van der Waals surface area contributed by atoms with Crippen LogP contribution in [0.1, 0.15) is 11.6 Å².